The highest BCUT2D eigenvalue weighted by Crippen LogP contribution is 2.39. The lowest BCUT2D eigenvalue weighted by Gasteiger charge is -2.22. The van der Waals surface area contributed by atoms with Crippen molar-refractivity contribution in [2.75, 3.05) is 23.3 Å². The van der Waals surface area contributed by atoms with Crippen LogP contribution in [-0.4, -0.2) is 23.9 Å². The fourth-order valence-corrected chi connectivity index (χ4v) is 3.27. The molecular weight excluding hydrogens is 354 g/mol. The minimum absolute atomic E-state index is 0.0721. The van der Waals surface area contributed by atoms with Gasteiger partial charge in [0.25, 0.3) is 0 Å². The zero-order valence-electron chi connectivity index (χ0n) is 15.1. The van der Waals surface area contributed by atoms with E-state index < -0.39 is 4.92 Å². The third kappa shape index (κ3) is 4.63. The number of nitrogens with one attached hydrogen (secondary N) is 1. The maximum Gasteiger partial charge on any atom is 0.308 e. The first-order valence-electron chi connectivity index (χ1n) is 8.18. The Hall–Kier alpha value is -2.81. The molecule has 1 amide bonds. The number of thiophene rings is 1. The number of anilines is 2. The van der Waals surface area contributed by atoms with E-state index in [2.05, 4.69) is 20.4 Å². The molecule has 0 saturated carbocycles. The summed E-state index contributed by atoms with van der Waals surface area (Å²) in [6, 6.07) is 6.93. The SMILES string of the molecule is CCN(CC)c1ccc(N=Nc2sc(C)cc2[N+](=O)[O-])c(NC(C)=O)c1. The molecule has 2 aromatic rings. The molecule has 1 aromatic carbocycles. The Kier molecular flexibility index (Phi) is 6.40. The number of amides is 1. The molecule has 0 radical (unpaired) electrons. The number of azo groups is 1. The van der Waals surface area contributed by atoms with Crippen LogP contribution in [0.15, 0.2) is 34.5 Å². The predicted octanol–water partition coefficient (Wildman–Crippen LogP) is 5.18. The van der Waals surface area contributed by atoms with Gasteiger partial charge in [0.15, 0.2) is 0 Å². The van der Waals surface area contributed by atoms with E-state index in [-0.39, 0.29) is 16.6 Å². The topological polar surface area (TPSA) is 100 Å². The van der Waals surface area contributed by atoms with Gasteiger partial charge in [0, 0.05) is 36.6 Å². The number of carbonyl (C=O) groups excluding carboxylic acids is 1. The van der Waals surface area contributed by atoms with Gasteiger partial charge >= 0.3 is 5.69 Å². The molecule has 1 heterocycles. The molecule has 0 fully saturated rings. The number of carbonyl (C=O) groups is 1. The van der Waals surface area contributed by atoms with E-state index in [1.165, 1.54) is 24.3 Å². The lowest BCUT2D eigenvalue weighted by molar-refractivity contribution is -0.383. The van der Waals surface area contributed by atoms with E-state index in [9.17, 15) is 14.9 Å². The second kappa shape index (κ2) is 8.52. The molecule has 1 aromatic heterocycles. The smallest absolute Gasteiger partial charge is 0.308 e. The largest absolute Gasteiger partial charge is 0.372 e. The summed E-state index contributed by atoms with van der Waals surface area (Å²) in [5.41, 5.74) is 1.84. The molecule has 2 rings (SSSR count). The van der Waals surface area contributed by atoms with E-state index in [1.54, 1.807) is 13.0 Å². The summed E-state index contributed by atoms with van der Waals surface area (Å²) in [5, 5.41) is 22.2. The highest BCUT2D eigenvalue weighted by Gasteiger charge is 2.17. The number of nitro groups is 1. The van der Waals surface area contributed by atoms with E-state index in [0.29, 0.717) is 11.4 Å². The normalized spacial score (nSPS) is 10.9. The molecule has 0 saturated heterocycles. The Bertz CT molecular complexity index is 843. The van der Waals surface area contributed by atoms with Crippen LogP contribution in [0.1, 0.15) is 25.6 Å². The van der Waals surface area contributed by atoms with Crippen LogP contribution in [0.5, 0.6) is 0 Å². The van der Waals surface area contributed by atoms with Gasteiger partial charge in [-0.2, -0.15) is 0 Å². The summed E-state index contributed by atoms with van der Waals surface area (Å²) in [4.78, 5) is 25.1. The quantitative estimate of drug-likeness (QED) is 0.409. The van der Waals surface area contributed by atoms with Crippen LogP contribution in [0.4, 0.5) is 27.8 Å². The Morgan fingerprint density at radius 1 is 1.27 bits per heavy atom. The molecule has 0 atom stereocenters. The van der Waals surface area contributed by atoms with Gasteiger partial charge in [-0.25, -0.2) is 0 Å². The molecule has 0 aliphatic carbocycles. The molecule has 0 aliphatic rings. The molecular formula is C17H21N5O3S. The lowest BCUT2D eigenvalue weighted by Crippen LogP contribution is -2.21. The summed E-state index contributed by atoms with van der Waals surface area (Å²) >= 11 is 1.20. The van der Waals surface area contributed by atoms with Crippen molar-refractivity contribution in [3.63, 3.8) is 0 Å². The Labute approximate surface area is 155 Å². The summed E-state index contributed by atoms with van der Waals surface area (Å²) in [6.07, 6.45) is 0. The van der Waals surface area contributed by atoms with Crippen molar-refractivity contribution in [3.8, 4) is 0 Å². The number of hydrogen-bond donors (Lipinski definition) is 1. The lowest BCUT2D eigenvalue weighted by atomic mass is 10.2. The number of benzene rings is 1. The average Bonchev–Trinajstić information content (AvgIpc) is 2.96. The molecule has 0 aliphatic heterocycles. The fourth-order valence-electron chi connectivity index (χ4n) is 2.48. The maximum absolute atomic E-state index is 11.5. The van der Waals surface area contributed by atoms with Crippen molar-refractivity contribution in [3.05, 3.63) is 39.3 Å². The van der Waals surface area contributed by atoms with E-state index in [0.717, 1.165) is 23.7 Å². The highest BCUT2D eigenvalue weighted by molar-refractivity contribution is 7.16. The minimum atomic E-state index is -0.476. The van der Waals surface area contributed by atoms with Gasteiger partial charge in [-0.05, 0) is 39.0 Å². The number of nitrogens with zero attached hydrogens (tertiary/aromatic N) is 4. The van der Waals surface area contributed by atoms with Crippen molar-refractivity contribution >= 4 is 45.0 Å². The van der Waals surface area contributed by atoms with Crippen LogP contribution in [0.25, 0.3) is 0 Å². The van der Waals surface area contributed by atoms with Gasteiger partial charge in [-0.3, -0.25) is 14.9 Å². The summed E-state index contributed by atoms with van der Waals surface area (Å²) in [6.45, 7) is 8.95. The van der Waals surface area contributed by atoms with Crippen molar-refractivity contribution < 1.29 is 9.72 Å². The van der Waals surface area contributed by atoms with Gasteiger partial charge < -0.3 is 10.2 Å². The van der Waals surface area contributed by atoms with Gasteiger partial charge in [-0.15, -0.1) is 21.6 Å². The minimum Gasteiger partial charge on any atom is -0.372 e. The zero-order chi connectivity index (χ0) is 19.3. The first-order valence-corrected chi connectivity index (χ1v) is 9.00. The van der Waals surface area contributed by atoms with E-state index in [1.807, 2.05) is 26.0 Å². The Morgan fingerprint density at radius 3 is 2.54 bits per heavy atom. The average molecular weight is 375 g/mol. The van der Waals surface area contributed by atoms with E-state index >= 15 is 0 Å². The monoisotopic (exact) mass is 375 g/mol. The first kappa shape index (κ1) is 19.5. The van der Waals surface area contributed by atoms with Crippen LogP contribution < -0.4 is 10.2 Å². The van der Waals surface area contributed by atoms with E-state index in [4.69, 9.17) is 0 Å². The van der Waals surface area contributed by atoms with Crippen LogP contribution >= 0.6 is 11.3 Å². The van der Waals surface area contributed by atoms with Crippen LogP contribution in [-0.2, 0) is 4.79 Å². The second-order valence-electron chi connectivity index (χ2n) is 5.56. The Balaban J connectivity index is 2.42. The third-order valence-electron chi connectivity index (χ3n) is 3.68. The number of aryl methyl sites for hydroxylation is 1. The van der Waals surface area contributed by atoms with Gasteiger partial charge in [-0.1, -0.05) is 0 Å². The molecule has 0 spiro atoms. The van der Waals surface area contributed by atoms with Gasteiger partial charge in [0.05, 0.1) is 10.6 Å². The van der Waals surface area contributed by atoms with Gasteiger partial charge in [0.2, 0.25) is 10.9 Å². The predicted molar refractivity (Wildman–Crippen MR) is 104 cm³/mol. The first-order chi connectivity index (χ1) is 12.3. The Morgan fingerprint density at radius 2 is 1.96 bits per heavy atom. The number of hydrogen-bond acceptors (Lipinski definition) is 7. The molecule has 9 heteroatoms. The van der Waals surface area contributed by atoms with Crippen LogP contribution in [0.2, 0.25) is 0 Å². The van der Waals surface area contributed by atoms with Crippen LogP contribution in [0.3, 0.4) is 0 Å². The zero-order valence-corrected chi connectivity index (χ0v) is 16.0. The van der Waals surface area contributed by atoms with Crippen molar-refractivity contribution in [2.45, 2.75) is 27.7 Å². The second-order valence-corrected chi connectivity index (χ2v) is 6.79. The summed E-state index contributed by atoms with van der Waals surface area (Å²) < 4.78 is 0. The van der Waals surface area contributed by atoms with Crippen molar-refractivity contribution in [1.82, 2.24) is 0 Å². The summed E-state index contributed by atoms with van der Waals surface area (Å²) in [7, 11) is 0. The fraction of sp³-hybridized carbons (Fsp3) is 0.353. The number of rotatable bonds is 7. The van der Waals surface area contributed by atoms with Crippen LogP contribution in [0, 0.1) is 17.0 Å². The standard InChI is InChI=1S/C17H21N5O3S/c1-5-21(6-2)13-7-8-14(15(10-13)18-12(4)23)19-20-17-16(22(24)25)9-11(3)26-17/h7-10H,5-6H2,1-4H3,(H,18,23). The molecule has 26 heavy (non-hydrogen) atoms. The molecule has 8 nitrogen and oxygen atoms in total. The summed E-state index contributed by atoms with van der Waals surface area (Å²) in [5.74, 6) is -0.226. The molecule has 1 N–H and O–H groups in total. The molecule has 0 bridgehead atoms. The van der Waals surface area contributed by atoms with Crippen molar-refractivity contribution in [1.29, 1.82) is 0 Å². The van der Waals surface area contributed by atoms with Gasteiger partial charge in [0.1, 0.15) is 5.69 Å². The molecule has 0 unspecified atom stereocenters. The molecule has 138 valence electrons. The van der Waals surface area contributed by atoms with Crippen molar-refractivity contribution in [2.24, 2.45) is 10.2 Å². The third-order valence-corrected chi connectivity index (χ3v) is 4.61. The maximum atomic E-state index is 11.5. The highest BCUT2D eigenvalue weighted by atomic mass is 32.1.